The molecule has 5 N–H and O–H groups in total. The molecule has 0 bridgehead atoms. The Labute approximate surface area is 203 Å². The zero-order chi connectivity index (χ0) is 25.3. The fraction of sp³-hybridized carbons (Fsp3) is 0.440. The molecule has 0 aliphatic rings. The summed E-state index contributed by atoms with van der Waals surface area (Å²) in [6, 6.07) is 11.1. The minimum atomic E-state index is -0.848. The molecule has 1 atom stereocenters. The number of aromatic amines is 1. The van der Waals surface area contributed by atoms with Crippen molar-refractivity contribution in [1.29, 1.82) is 0 Å². The van der Waals surface area contributed by atoms with Crippen LogP contribution in [0, 0.1) is 0 Å². The largest absolute Gasteiger partial charge is 0.508 e. The summed E-state index contributed by atoms with van der Waals surface area (Å²) in [6.07, 6.45) is 2.09. The number of carboxylic acid groups (broad SMARTS) is 1. The number of hydrogen-bond donors (Lipinski definition) is 5. The number of thiazole rings is 1. The standard InChI is InChI=1S/C23H30N2O4S.C2H4O2/c1-4-5-10-29-17-8-6-15(7-9-17)13-23(2,3)24-14-20(27)18-11-16(26)12-19-21(18)30-22(28)25-19;1-2(3)4/h6-9,11-12,20,24,26-27H,4-5,10,13-14H2,1-3H3,(H,25,28);1H3,(H,3,4)/t20-;/m0./s1. The van der Waals surface area contributed by atoms with Gasteiger partial charge in [-0.1, -0.05) is 36.8 Å². The summed E-state index contributed by atoms with van der Waals surface area (Å²) in [4.78, 5) is 23.1. The van der Waals surface area contributed by atoms with Gasteiger partial charge in [-0.3, -0.25) is 9.59 Å². The molecule has 0 saturated heterocycles. The van der Waals surface area contributed by atoms with Gasteiger partial charge >= 0.3 is 4.87 Å². The van der Waals surface area contributed by atoms with Crippen molar-refractivity contribution in [2.45, 2.75) is 58.6 Å². The molecule has 0 unspecified atom stereocenters. The molecule has 0 saturated carbocycles. The molecule has 9 heteroatoms. The molecule has 3 aromatic rings. The first kappa shape index (κ1) is 27.4. The second kappa shape index (κ2) is 12.5. The number of carbonyl (C=O) groups is 1. The van der Waals surface area contributed by atoms with Crippen molar-refractivity contribution in [1.82, 2.24) is 10.3 Å². The lowest BCUT2D eigenvalue weighted by molar-refractivity contribution is -0.134. The quantitative estimate of drug-likeness (QED) is 0.269. The maximum absolute atomic E-state index is 11.7. The van der Waals surface area contributed by atoms with E-state index in [1.165, 1.54) is 17.7 Å². The first-order valence-electron chi connectivity index (χ1n) is 11.2. The van der Waals surface area contributed by atoms with Gasteiger partial charge in [0, 0.05) is 30.6 Å². The molecule has 0 fully saturated rings. The number of ether oxygens (including phenoxy) is 1. The Balaban J connectivity index is 0.000000945. The number of aliphatic hydroxyl groups is 1. The second-order valence-electron chi connectivity index (χ2n) is 8.75. The average Bonchev–Trinajstić information content (AvgIpc) is 3.12. The first-order chi connectivity index (χ1) is 16.0. The molecular weight excluding hydrogens is 456 g/mol. The van der Waals surface area contributed by atoms with E-state index in [2.05, 4.69) is 43.2 Å². The Morgan fingerprint density at radius 2 is 1.88 bits per heavy atom. The molecule has 1 aromatic heterocycles. The van der Waals surface area contributed by atoms with Crippen LogP contribution in [0.3, 0.4) is 0 Å². The van der Waals surface area contributed by atoms with Gasteiger partial charge in [0.25, 0.3) is 5.97 Å². The van der Waals surface area contributed by atoms with Crippen molar-refractivity contribution in [3.8, 4) is 11.5 Å². The molecule has 0 radical (unpaired) electrons. The number of phenols is 1. The number of fused-ring (bicyclic) bond motifs is 1. The number of nitrogens with one attached hydrogen (secondary N) is 2. The summed E-state index contributed by atoms with van der Waals surface area (Å²) in [5.41, 5.74) is 2.01. The van der Waals surface area contributed by atoms with Gasteiger partial charge in [0.05, 0.1) is 22.9 Å². The summed E-state index contributed by atoms with van der Waals surface area (Å²) in [5, 5.41) is 31.5. The topological polar surface area (TPSA) is 132 Å². The second-order valence-corrected chi connectivity index (χ2v) is 9.73. The molecule has 0 spiro atoms. The lowest BCUT2D eigenvalue weighted by Gasteiger charge is -2.28. The molecule has 0 aliphatic heterocycles. The molecule has 3 rings (SSSR count). The normalized spacial score (nSPS) is 12.1. The average molecular weight is 491 g/mol. The van der Waals surface area contributed by atoms with Crippen molar-refractivity contribution >= 4 is 27.5 Å². The van der Waals surface area contributed by atoms with Crippen molar-refractivity contribution in [3.63, 3.8) is 0 Å². The molecule has 1 heterocycles. The fourth-order valence-electron chi connectivity index (χ4n) is 3.41. The number of aliphatic carboxylic acids is 1. The smallest absolute Gasteiger partial charge is 0.305 e. The predicted octanol–water partition coefficient (Wildman–Crippen LogP) is 4.21. The van der Waals surface area contributed by atoms with Gasteiger partial charge in [-0.2, -0.15) is 0 Å². The number of carboxylic acids is 1. The number of unbranched alkanes of at least 4 members (excludes halogenated alkanes) is 1. The molecule has 186 valence electrons. The van der Waals surface area contributed by atoms with Crippen LogP contribution in [-0.2, 0) is 11.2 Å². The number of rotatable bonds is 10. The van der Waals surface area contributed by atoms with E-state index < -0.39 is 12.1 Å². The van der Waals surface area contributed by atoms with E-state index in [0.717, 1.165) is 49.9 Å². The first-order valence-corrected chi connectivity index (χ1v) is 12.0. The maximum atomic E-state index is 11.7. The highest BCUT2D eigenvalue weighted by molar-refractivity contribution is 7.16. The lowest BCUT2D eigenvalue weighted by atomic mass is 9.94. The third-order valence-corrected chi connectivity index (χ3v) is 5.95. The number of H-pyrrole nitrogens is 1. The number of phenolic OH excluding ortho intramolecular Hbond substituents is 1. The van der Waals surface area contributed by atoms with Crippen LogP contribution in [0.25, 0.3) is 10.2 Å². The van der Waals surface area contributed by atoms with Crippen molar-refractivity contribution in [3.05, 3.63) is 57.2 Å². The zero-order valence-electron chi connectivity index (χ0n) is 20.1. The van der Waals surface area contributed by atoms with Crippen LogP contribution < -0.4 is 14.9 Å². The van der Waals surface area contributed by atoms with Crippen LogP contribution in [0.4, 0.5) is 0 Å². The SMILES string of the molecule is CC(=O)O.CCCCOc1ccc(CC(C)(C)NC[C@H](O)c2cc(O)cc3[nH]c(=O)sc23)cc1. The van der Waals surface area contributed by atoms with Crippen molar-refractivity contribution in [2.75, 3.05) is 13.2 Å². The monoisotopic (exact) mass is 490 g/mol. The van der Waals surface area contributed by atoms with Crippen LogP contribution in [-0.4, -0.2) is 45.0 Å². The fourth-order valence-corrected chi connectivity index (χ4v) is 4.29. The molecule has 34 heavy (non-hydrogen) atoms. The maximum Gasteiger partial charge on any atom is 0.305 e. The molecule has 8 nitrogen and oxygen atoms in total. The Hall–Kier alpha value is -2.88. The van der Waals surface area contributed by atoms with E-state index in [9.17, 15) is 15.0 Å². The predicted molar refractivity (Wildman–Crippen MR) is 135 cm³/mol. The van der Waals surface area contributed by atoms with Gasteiger partial charge in [0.1, 0.15) is 11.5 Å². The number of aliphatic hydroxyl groups excluding tert-OH is 1. The molecule has 0 aliphatic carbocycles. The number of benzene rings is 2. The summed E-state index contributed by atoms with van der Waals surface area (Å²) >= 11 is 1.04. The van der Waals surface area contributed by atoms with Gasteiger partial charge in [-0.15, -0.1) is 0 Å². The minimum Gasteiger partial charge on any atom is -0.508 e. The highest BCUT2D eigenvalue weighted by Crippen LogP contribution is 2.30. The van der Waals surface area contributed by atoms with E-state index in [1.807, 2.05) is 12.1 Å². The van der Waals surface area contributed by atoms with E-state index in [0.29, 0.717) is 22.3 Å². The minimum absolute atomic E-state index is 0.0195. The third-order valence-electron chi connectivity index (χ3n) is 5.00. The van der Waals surface area contributed by atoms with Crippen LogP contribution in [0.1, 0.15) is 57.8 Å². The van der Waals surface area contributed by atoms with Crippen LogP contribution in [0.2, 0.25) is 0 Å². The Morgan fingerprint density at radius 1 is 1.24 bits per heavy atom. The summed E-state index contributed by atoms with van der Waals surface area (Å²) < 4.78 is 6.38. The Kier molecular flexibility index (Phi) is 10.1. The number of aromatic hydroxyl groups is 1. The van der Waals surface area contributed by atoms with Crippen molar-refractivity contribution in [2.24, 2.45) is 0 Å². The lowest BCUT2D eigenvalue weighted by Crippen LogP contribution is -2.43. The third kappa shape index (κ3) is 8.81. The van der Waals surface area contributed by atoms with E-state index >= 15 is 0 Å². The Morgan fingerprint density at radius 3 is 2.50 bits per heavy atom. The van der Waals surface area contributed by atoms with Crippen LogP contribution >= 0.6 is 11.3 Å². The van der Waals surface area contributed by atoms with Gasteiger partial charge in [-0.05, 0) is 50.5 Å². The van der Waals surface area contributed by atoms with Gasteiger partial charge in [0.2, 0.25) is 0 Å². The van der Waals surface area contributed by atoms with Crippen LogP contribution in [0.15, 0.2) is 41.2 Å². The highest BCUT2D eigenvalue weighted by Gasteiger charge is 2.22. The molecule has 2 aromatic carbocycles. The highest BCUT2D eigenvalue weighted by atomic mass is 32.1. The van der Waals surface area contributed by atoms with Gasteiger partial charge in [0.15, 0.2) is 0 Å². The van der Waals surface area contributed by atoms with E-state index in [1.54, 1.807) is 0 Å². The number of hydrogen-bond acceptors (Lipinski definition) is 7. The number of β-amino-alcohol motifs (C(OH)–C–C–N with tert-alkyl or cyclic N) is 1. The van der Waals surface area contributed by atoms with Gasteiger partial charge in [-0.25, -0.2) is 0 Å². The summed E-state index contributed by atoms with van der Waals surface area (Å²) in [6.45, 7) is 8.42. The van der Waals surface area contributed by atoms with E-state index in [-0.39, 0.29) is 16.2 Å². The zero-order valence-corrected chi connectivity index (χ0v) is 20.9. The molecular formula is C25H34N2O6S. The molecule has 0 amide bonds. The summed E-state index contributed by atoms with van der Waals surface area (Å²) in [7, 11) is 0. The van der Waals surface area contributed by atoms with E-state index in [4.69, 9.17) is 14.6 Å². The van der Waals surface area contributed by atoms with Gasteiger partial charge < -0.3 is 30.4 Å². The Bertz CT molecular complexity index is 1120. The van der Waals surface area contributed by atoms with Crippen LogP contribution in [0.5, 0.6) is 11.5 Å². The number of aromatic nitrogens is 1. The van der Waals surface area contributed by atoms with Crippen molar-refractivity contribution < 1.29 is 24.9 Å². The summed E-state index contributed by atoms with van der Waals surface area (Å²) in [5.74, 6) is 0.0675.